The first-order valence-electron chi connectivity index (χ1n) is 12.4. The highest BCUT2D eigenvalue weighted by atomic mass is 32.1. The van der Waals surface area contributed by atoms with Crippen molar-refractivity contribution in [2.75, 3.05) is 30.0 Å². The lowest BCUT2D eigenvalue weighted by atomic mass is 10.2. The molecule has 0 aliphatic heterocycles. The van der Waals surface area contributed by atoms with Gasteiger partial charge in [-0.05, 0) is 49.6 Å². The van der Waals surface area contributed by atoms with Gasteiger partial charge in [0.1, 0.15) is 5.00 Å². The Bertz CT molecular complexity index is 968. The molecule has 6 nitrogen and oxygen atoms in total. The third-order valence-corrected chi connectivity index (χ3v) is 6.01. The van der Waals surface area contributed by atoms with E-state index in [9.17, 15) is 0 Å². The van der Waals surface area contributed by atoms with Gasteiger partial charge < -0.3 is 9.64 Å². The van der Waals surface area contributed by atoms with E-state index in [1.54, 1.807) is 23.7 Å². The van der Waals surface area contributed by atoms with Crippen LogP contribution in [0.3, 0.4) is 0 Å². The van der Waals surface area contributed by atoms with E-state index in [1.807, 2.05) is 38.1 Å². The first-order chi connectivity index (χ1) is 16.7. The second-order valence-electron chi connectivity index (χ2n) is 7.48. The number of hydrogen-bond acceptors (Lipinski definition) is 7. The van der Waals surface area contributed by atoms with E-state index in [2.05, 4.69) is 64.4 Å². The minimum Gasteiger partial charge on any atom is -0.477 e. The van der Waals surface area contributed by atoms with Crippen molar-refractivity contribution < 1.29 is 4.74 Å². The number of ether oxygens (including phenoxy) is 1. The number of nitrogens with zero attached hydrogens (tertiary/aromatic N) is 4. The van der Waals surface area contributed by atoms with Gasteiger partial charge in [-0.25, -0.2) is 4.98 Å². The maximum atomic E-state index is 6.02. The average molecular weight is 482 g/mol. The third-order valence-electron chi connectivity index (χ3n) is 4.87. The van der Waals surface area contributed by atoms with Crippen molar-refractivity contribution >= 4 is 28.2 Å². The van der Waals surface area contributed by atoms with Crippen LogP contribution in [0.4, 0.5) is 10.7 Å². The molecule has 0 atom stereocenters. The van der Waals surface area contributed by atoms with Crippen LogP contribution in [0.15, 0.2) is 53.8 Å². The highest BCUT2D eigenvalue weighted by Crippen LogP contribution is 2.23. The van der Waals surface area contributed by atoms with Gasteiger partial charge in [-0.3, -0.25) is 10.4 Å². The van der Waals surface area contributed by atoms with Crippen LogP contribution < -0.4 is 15.1 Å². The van der Waals surface area contributed by atoms with E-state index in [0.29, 0.717) is 12.5 Å². The quantitative estimate of drug-likeness (QED) is 0.214. The fourth-order valence-electron chi connectivity index (χ4n) is 3.34. The summed E-state index contributed by atoms with van der Waals surface area (Å²) >= 11 is 1.72. The molecule has 0 saturated heterocycles. The molecule has 0 fully saturated rings. The number of hydrazone groups is 1. The third kappa shape index (κ3) is 9.14. The molecule has 0 radical (unpaired) electrons. The number of aromatic nitrogens is 2. The number of thiophene rings is 1. The van der Waals surface area contributed by atoms with Crippen molar-refractivity contribution in [1.82, 2.24) is 9.97 Å². The fraction of sp³-hybridized carbons (Fsp3) is 0.444. The second-order valence-corrected chi connectivity index (χ2v) is 8.65. The summed E-state index contributed by atoms with van der Waals surface area (Å²) in [6, 6.07) is 14.2. The first kappa shape index (κ1) is 27.3. The summed E-state index contributed by atoms with van der Waals surface area (Å²) in [6.45, 7) is 13.1. The number of pyridine rings is 2. The lowest BCUT2D eigenvalue weighted by Crippen LogP contribution is -2.25. The topological polar surface area (TPSA) is 62.6 Å². The van der Waals surface area contributed by atoms with Crippen molar-refractivity contribution in [3.63, 3.8) is 0 Å². The molecule has 0 saturated carbocycles. The monoisotopic (exact) mass is 481 g/mol. The minimum atomic E-state index is 0.527. The van der Waals surface area contributed by atoms with Crippen molar-refractivity contribution in [3.05, 3.63) is 64.9 Å². The van der Waals surface area contributed by atoms with Crippen LogP contribution in [0, 0.1) is 0 Å². The molecule has 0 aromatic carbocycles. The largest absolute Gasteiger partial charge is 0.477 e. The van der Waals surface area contributed by atoms with Crippen LogP contribution in [0.2, 0.25) is 0 Å². The van der Waals surface area contributed by atoms with E-state index in [-0.39, 0.29) is 0 Å². The number of aryl methyl sites for hydroxylation is 1. The molecule has 0 aliphatic rings. The van der Waals surface area contributed by atoms with Gasteiger partial charge in [-0.2, -0.15) is 5.10 Å². The first-order valence-corrected chi connectivity index (χ1v) is 13.2. The molecule has 0 bridgehead atoms. The van der Waals surface area contributed by atoms with Gasteiger partial charge in [0.05, 0.1) is 18.5 Å². The Morgan fingerprint density at radius 1 is 1.06 bits per heavy atom. The maximum absolute atomic E-state index is 6.02. The van der Waals surface area contributed by atoms with E-state index in [4.69, 9.17) is 4.74 Å². The van der Waals surface area contributed by atoms with Crippen LogP contribution in [-0.4, -0.2) is 35.9 Å². The Morgan fingerprint density at radius 2 is 1.85 bits per heavy atom. The van der Waals surface area contributed by atoms with Crippen LogP contribution in [0.5, 0.6) is 5.88 Å². The highest BCUT2D eigenvalue weighted by molar-refractivity contribution is 7.16. The molecule has 0 aliphatic carbocycles. The molecule has 0 spiro atoms. The average Bonchev–Trinajstić information content (AvgIpc) is 3.34. The van der Waals surface area contributed by atoms with Gasteiger partial charge >= 0.3 is 0 Å². The van der Waals surface area contributed by atoms with Crippen LogP contribution in [0.25, 0.3) is 0 Å². The van der Waals surface area contributed by atoms with Gasteiger partial charge in [0.15, 0.2) is 0 Å². The zero-order valence-electron chi connectivity index (χ0n) is 21.3. The summed E-state index contributed by atoms with van der Waals surface area (Å²) in [4.78, 5) is 12.7. The molecule has 3 aromatic rings. The number of rotatable bonds is 13. The molecule has 3 heterocycles. The van der Waals surface area contributed by atoms with Crippen LogP contribution >= 0.6 is 11.3 Å². The molecule has 1 N–H and O–H groups in total. The number of nitrogens with one attached hydrogen (secondary N) is 1. The van der Waals surface area contributed by atoms with E-state index in [1.165, 1.54) is 4.88 Å². The summed E-state index contributed by atoms with van der Waals surface area (Å²) in [5.41, 5.74) is 6.01. The SMILES string of the molecule is CC.CCCN(CCC)c1cc(/C=N/Nc2ccc(CC)s2)nc(OCCc2ccccn2)c1. The van der Waals surface area contributed by atoms with Gasteiger partial charge in [0, 0.05) is 48.0 Å². The Balaban J connectivity index is 0.00000199. The molecule has 184 valence electrons. The van der Waals surface area contributed by atoms with Crippen LogP contribution in [0.1, 0.15) is 63.7 Å². The summed E-state index contributed by atoms with van der Waals surface area (Å²) in [5, 5.41) is 5.44. The van der Waals surface area contributed by atoms with E-state index < -0.39 is 0 Å². The molecule has 34 heavy (non-hydrogen) atoms. The molecule has 0 unspecified atom stereocenters. The summed E-state index contributed by atoms with van der Waals surface area (Å²) in [6.07, 6.45) is 7.51. The fourth-order valence-corrected chi connectivity index (χ4v) is 4.14. The lowest BCUT2D eigenvalue weighted by molar-refractivity contribution is 0.308. The lowest BCUT2D eigenvalue weighted by Gasteiger charge is -2.24. The molecular formula is C27H39N5OS. The van der Waals surface area contributed by atoms with Crippen molar-refractivity contribution in [3.8, 4) is 5.88 Å². The zero-order chi connectivity index (χ0) is 24.6. The molecule has 7 heteroatoms. The van der Waals surface area contributed by atoms with Gasteiger partial charge in [-0.15, -0.1) is 11.3 Å². The van der Waals surface area contributed by atoms with Crippen molar-refractivity contribution in [2.24, 2.45) is 5.10 Å². The summed E-state index contributed by atoms with van der Waals surface area (Å²) in [5.74, 6) is 0.612. The smallest absolute Gasteiger partial charge is 0.215 e. The van der Waals surface area contributed by atoms with Crippen molar-refractivity contribution in [1.29, 1.82) is 0 Å². The van der Waals surface area contributed by atoms with Crippen molar-refractivity contribution in [2.45, 2.75) is 60.3 Å². The Hall–Kier alpha value is -2.93. The molecule has 3 aromatic heterocycles. The van der Waals surface area contributed by atoms with E-state index >= 15 is 0 Å². The predicted molar refractivity (Wildman–Crippen MR) is 147 cm³/mol. The molecule has 3 rings (SSSR count). The Morgan fingerprint density at radius 3 is 2.50 bits per heavy atom. The van der Waals surface area contributed by atoms with Gasteiger partial charge in [-0.1, -0.05) is 40.7 Å². The predicted octanol–water partition coefficient (Wildman–Crippen LogP) is 6.82. The minimum absolute atomic E-state index is 0.527. The normalized spacial score (nSPS) is 10.6. The Kier molecular flexibility index (Phi) is 12.7. The van der Waals surface area contributed by atoms with E-state index in [0.717, 1.165) is 60.8 Å². The second kappa shape index (κ2) is 15.8. The molecular weight excluding hydrogens is 442 g/mol. The van der Waals surface area contributed by atoms with Gasteiger partial charge in [0.25, 0.3) is 0 Å². The Labute approximate surface area is 209 Å². The standard InChI is InChI=1S/C25H33N5OS.C2H6/c1-4-14-30(15-5-2)22-17-21(19-27-29-25-11-10-23(6-3)32-25)28-24(18-22)31-16-12-20-9-7-8-13-26-20;1-2/h7-11,13,17-19,29H,4-6,12,14-16H2,1-3H3;1-2H3/b27-19+;. The zero-order valence-corrected chi connectivity index (χ0v) is 22.1. The summed E-state index contributed by atoms with van der Waals surface area (Å²) in [7, 11) is 0. The number of anilines is 2. The van der Waals surface area contributed by atoms with Gasteiger partial charge in [0.2, 0.25) is 5.88 Å². The maximum Gasteiger partial charge on any atom is 0.215 e. The molecule has 0 amide bonds. The summed E-state index contributed by atoms with van der Waals surface area (Å²) < 4.78 is 6.02. The number of hydrogen-bond donors (Lipinski definition) is 1. The highest BCUT2D eigenvalue weighted by Gasteiger charge is 2.10. The van der Waals surface area contributed by atoms with Crippen LogP contribution in [-0.2, 0) is 12.8 Å².